The van der Waals surface area contributed by atoms with Crippen LogP contribution < -0.4 is 10.2 Å². The van der Waals surface area contributed by atoms with Crippen molar-refractivity contribution in [1.82, 2.24) is 4.90 Å². The number of hydrogen-bond donors (Lipinski definition) is 1. The molecule has 1 fully saturated rings. The maximum Gasteiger partial charge on any atom is 0.238 e. The molecule has 0 saturated carbocycles. The summed E-state index contributed by atoms with van der Waals surface area (Å²) in [6.07, 6.45) is 0. The summed E-state index contributed by atoms with van der Waals surface area (Å²) in [7, 11) is 0. The molecule has 0 radical (unpaired) electrons. The van der Waals surface area contributed by atoms with Crippen LogP contribution in [-0.4, -0.2) is 43.5 Å². The van der Waals surface area contributed by atoms with Gasteiger partial charge in [-0.2, -0.15) is 0 Å². The Balaban J connectivity index is 1.54. The molecule has 3 rings (SSSR count). The van der Waals surface area contributed by atoms with Gasteiger partial charge in [0.05, 0.1) is 6.54 Å². The van der Waals surface area contributed by atoms with Crippen molar-refractivity contribution in [3.8, 4) is 0 Å². The van der Waals surface area contributed by atoms with Crippen LogP contribution in [-0.2, 0) is 4.79 Å². The monoisotopic (exact) mass is 345 g/mol. The minimum absolute atomic E-state index is 0.120. The quantitative estimate of drug-likeness (QED) is 0.925. The zero-order valence-corrected chi connectivity index (χ0v) is 14.1. The Morgan fingerprint density at radius 1 is 1.00 bits per heavy atom. The van der Waals surface area contributed by atoms with Crippen molar-refractivity contribution >= 4 is 17.3 Å². The Hall–Kier alpha value is -2.47. The molecule has 6 heteroatoms. The minimum atomic E-state index is -0.766. The van der Waals surface area contributed by atoms with Crippen molar-refractivity contribution < 1.29 is 13.6 Å². The Morgan fingerprint density at radius 2 is 1.64 bits per heavy atom. The van der Waals surface area contributed by atoms with Gasteiger partial charge in [-0.05, 0) is 30.7 Å². The molecular weight excluding hydrogens is 324 g/mol. The van der Waals surface area contributed by atoms with Gasteiger partial charge in [-0.25, -0.2) is 8.78 Å². The first-order valence-electron chi connectivity index (χ1n) is 8.31. The van der Waals surface area contributed by atoms with Crippen LogP contribution in [0.25, 0.3) is 0 Å². The van der Waals surface area contributed by atoms with E-state index in [0.29, 0.717) is 0 Å². The van der Waals surface area contributed by atoms with Gasteiger partial charge in [0.1, 0.15) is 17.3 Å². The van der Waals surface area contributed by atoms with E-state index in [9.17, 15) is 13.6 Å². The van der Waals surface area contributed by atoms with Crippen LogP contribution in [0.3, 0.4) is 0 Å². The van der Waals surface area contributed by atoms with Gasteiger partial charge < -0.3 is 10.2 Å². The fourth-order valence-corrected chi connectivity index (χ4v) is 3.06. The molecule has 132 valence electrons. The number of amides is 1. The van der Waals surface area contributed by atoms with E-state index in [0.717, 1.165) is 38.3 Å². The first kappa shape index (κ1) is 17.4. The number of piperazine rings is 1. The highest BCUT2D eigenvalue weighted by Gasteiger charge is 2.21. The molecule has 25 heavy (non-hydrogen) atoms. The molecule has 0 bridgehead atoms. The van der Waals surface area contributed by atoms with Gasteiger partial charge in [0.15, 0.2) is 0 Å². The third kappa shape index (κ3) is 4.14. The van der Waals surface area contributed by atoms with Crippen LogP contribution in [0.4, 0.5) is 20.2 Å². The Morgan fingerprint density at radius 3 is 2.28 bits per heavy atom. The van der Waals surface area contributed by atoms with Gasteiger partial charge in [-0.3, -0.25) is 9.69 Å². The zero-order valence-electron chi connectivity index (χ0n) is 14.1. The minimum Gasteiger partial charge on any atom is -0.369 e. The van der Waals surface area contributed by atoms with Crippen molar-refractivity contribution in [3.05, 3.63) is 59.7 Å². The number of benzene rings is 2. The van der Waals surface area contributed by atoms with Crippen molar-refractivity contribution in [2.45, 2.75) is 6.92 Å². The van der Waals surface area contributed by atoms with Crippen LogP contribution in [0.5, 0.6) is 0 Å². The van der Waals surface area contributed by atoms with Crippen molar-refractivity contribution in [1.29, 1.82) is 0 Å². The molecule has 0 spiro atoms. The lowest BCUT2D eigenvalue weighted by molar-refractivity contribution is -0.117. The summed E-state index contributed by atoms with van der Waals surface area (Å²) in [5.74, 6) is -1.94. The molecule has 0 unspecified atom stereocenters. The summed E-state index contributed by atoms with van der Waals surface area (Å²) in [6.45, 7) is 5.27. The smallest absolute Gasteiger partial charge is 0.238 e. The van der Waals surface area contributed by atoms with Crippen molar-refractivity contribution in [2.75, 3.05) is 42.9 Å². The SMILES string of the molecule is Cc1ccccc1N1CCN(CC(=O)Nc2c(F)cccc2F)CC1. The summed E-state index contributed by atoms with van der Waals surface area (Å²) in [5, 5.41) is 2.33. The van der Waals surface area contributed by atoms with Gasteiger partial charge in [0.2, 0.25) is 5.91 Å². The van der Waals surface area contributed by atoms with Gasteiger partial charge in [0, 0.05) is 31.9 Å². The average Bonchev–Trinajstić information content (AvgIpc) is 2.60. The number of hydrogen-bond acceptors (Lipinski definition) is 3. The molecule has 2 aromatic carbocycles. The highest BCUT2D eigenvalue weighted by molar-refractivity contribution is 5.92. The van der Waals surface area contributed by atoms with E-state index < -0.39 is 17.5 Å². The predicted molar refractivity (Wildman–Crippen MR) is 94.8 cm³/mol. The second-order valence-electron chi connectivity index (χ2n) is 6.19. The molecule has 1 aliphatic heterocycles. The maximum absolute atomic E-state index is 13.6. The van der Waals surface area contributed by atoms with Crippen molar-refractivity contribution in [2.24, 2.45) is 0 Å². The number of carbonyl (C=O) groups is 1. The summed E-state index contributed by atoms with van der Waals surface area (Å²) >= 11 is 0. The summed E-state index contributed by atoms with van der Waals surface area (Å²) in [5.41, 5.74) is 2.05. The Labute approximate surface area is 146 Å². The van der Waals surface area contributed by atoms with E-state index in [1.54, 1.807) is 0 Å². The third-order valence-electron chi connectivity index (χ3n) is 4.42. The molecule has 1 amide bonds. The number of halogens is 2. The fraction of sp³-hybridized carbons (Fsp3) is 0.316. The van der Waals surface area contributed by atoms with E-state index in [1.807, 2.05) is 17.0 Å². The van der Waals surface area contributed by atoms with Crippen molar-refractivity contribution in [3.63, 3.8) is 0 Å². The zero-order chi connectivity index (χ0) is 17.8. The van der Waals surface area contributed by atoms with E-state index in [1.165, 1.54) is 17.3 Å². The van der Waals surface area contributed by atoms with Crippen LogP contribution in [0.15, 0.2) is 42.5 Å². The lowest BCUT2D eigenvalue weighted by Gasteiger charge is -2.36. The molecule has 0 aromatic heterocycles. The third-order valence-corrected chi connectivity index (χ3v) is 4.42. The molecule has 1 saturated heterocycles. The van der Waals surface area contributed by atoms with Gasteiger partial charge in [-0.1, -0.05) is 24.3 Å². The first-order valence-corrected chi connectivity index (χ1v) is 8.31. The Kier molecular flexibility index (Phi) is 5.28. The summed E-state index contributed by atoms with van der Waals surface area (Å²) in [6, 6.07) is 11.7. The number of para-hydroxylation sites is 2. The van der Waals surface area contributed by atoms with Crippen LogP contribution in [0.2, 0.25) is 0 Å². The van der Waals surface area contributed by atoms with Crippen LogP contribution >= 0.6 is 0 Å². The highest BCUT2D eigenvalue weighted by atomic mass is 19.1. The largest absolute Gasteiger partial charge is 0.369 e. The number of anilines is 2. The van der Waals surface area contributed by atoms with Crippen LogP contribution in [0, 0.1) is 18.6 Å². The lowest BCUT2D eigenvalue weighted by atomic mass is 10.1. The van der Waals surface area contributed by atoms with Gasteiger partial charge in [-0.15, -0.1) is 0 Å². The summed E-state index contributed by atoms with van der Waals surface area (Å²) in [4.78, 5) is 16.4. The standard InChI is InChI=1S/C19H21F2N3O/c1-14-5-2-3-8-17(14)24-11-9-23(10-12-24)13-18(25)22-19-15(20)6-4-7-16(19)21/h2-8H,9-13H2,1H3,(H,22,25). The topological polar surface area (TPSA) is 35.6 Å². The second-order valence-corrected chi connectivity index (χ2v) is 6.19. The summed E-state index contributed by atoms with van der Waals surface area (Å²) < 4.78 is 27.2. The Bertz CT molecular complexity index is 738. The number of nitrogens with zero attached hydrogens (tertiary/aromatic N) is 2. The molecule has 1 N–H and O–H groups in total. The van der Waals surface area contributed by atoms with Crippen LogP contribution in [0.1, 0.15) is 5.56 Å². The lowest BCUT2D eigenvalue weighted by Crippen LogP contribution is -2.48. The van der Waals surface area contributed by atoms with E-state index >= 15 is 0 Å². The van der Waals surface area contributed by atoms with Gasteiger partial charge in [0.25, 0.3) is 0 Å². The number of nitrogens with one attached hydrogen (secondary N) is 1. The number of rotatable bonds is 4. The molecule has 0 atom stereocenters. The number of aryl methyl sites for hydroxylation is 1. The van der Waals surface area contributed by atoms with E-state index in [2.05, 4.69) is 29.3 Å². The average molecular weight is 345 g/mol. The second kappa shape index (κ2) is 7.61. The first-order chi connectivity index (χ1) is 12.0. The molecule has 4 nitrogen and oxygen atoms in total. The molecule has 2 aromatic rings. The fourth-order valence-electron chi connectivity index (χ4n) is 3.06. The normalized spacial score (nSPS) is 15.2. The molecule has 0 aliphatic carbocycles. The van der Waals surface area contributed by atoms with Gasteiger partial charge >= 0.3 is 0 Å². The predicted octanol–water partition coefficient (Wildman–Crippen LogP) is 3.03. The maximum atomic E-state index is 13.6. The van der Waals surface area contributed by atoms with E-state index in [-0.39, 0.29) is 12.2 Å². The molecule has 1 aliphatic rings. The highest BCUT2D eigenvalue weighted by Crippen LogP contribution is 2.21. The molecule has 1 heterocycles. The molecular formula is C19H21F2N3O. The van der Waals surface area contributed by atoms with E-state index in [4.69, 9.17) is 0 Å². The number of carbonyl (C=O) groups excluding carboxylic acids is 1.